The number of rotatable bonds is 7. The fourth-order valence-corrected chi connectivity index (χ4v) is 4.88. The Labute approximate surface area is 181 Å². The smallest absolute Gasteiger partial charge is 0.323 e. The molecule has 0 aromatic heterocycles. The van der Waals surface area contributed by atoms with E-state index >= 15 is 0 Å². The molecule has 1 fully saturated rings. The summed E-state index contributed by atoms with van der Waals surface area (Å²) in [6, 6.07) is 3.84. The third-order valence-electron chi connectivity index (χ3n) is 6.60. The van der Waals surface area contributed by atoms with Crippen molar-refractivity contribution in [1.82, 2.24) is 4.90 Å². The SMILES string of the molecule is COc1cc2c(cc1OC)[C@H]1C[C@H](OC(=O)[C@H](N)C(C)C)[C@@H](CC(C)C)CN1CC2. The lowest BCUT2D eigenvalue weighted by Gasteiger charge is -2.47. The van der Waals surface area contributed by atoms with Crippen LogP contribution >= 0.6 is 0 Å². The van der Waals surface area contributed by atoms with E-state index in [1.807, 2.05) is 13.8 Å². The number of hydrogen-bond acceptors (Lipinski definition) is 6. The van der Waals surface area contributed by atoms with Crippen LogP contribution in [0.4, 0.5) is 0 Å². The topological polar surface area (TPSA) is 74.0 Å². The van der Waals surface area contributed by atoms with Crippen molar-refractivity contribution in [1.29, 1.82) is 0 Å². The molecule has 0 unspecified atom stereocenters. The van der Waals surface area contributed by atoms with Crippen LogP contribution in [0.2, 0.25) is 0 Å². The number of ether oxygens (including phenoxy) is 3. The molecular weight excluding hydrogens is 380 g/mol. The molecule has 0 spiro atoms. The molecule has 0 aliphatic carbocycles. The van der Waals surface area contributed by atoms with Gasteiger partial charge in [-0.2, -0.15) is 0 Å². The van der Waals surface area contributed by atoms with E-state index in [4.69, 9.17) is 19.9 Å². The molecule has 1 aromatic rings. The molecule has 168 valence electrons. The van der Waals surface area contributed by atoms with Gasteiger partial charge in [0.05, 0.1) is 14.2 Å². The summed E-state index contributed by atoms with van der Waals surface area (Å²) in [6.45, 7) is 10.3. The molecule has 4 atom stereocenters. The first kappa shape index (κ1) is 22.9. The molecule has 2 aliphatic rings. The number of fused-ring (bicyclic) bond motifs is 3. The van der Waals surface area contributed by atoms with Gasteiger partial charge in [-0.05, 0) is 47.9 Å². The number of benzene rings is 1. The minimum Gasteiger partial charge on any atom is -0.493 e. The fraction of sp³-hybridized carbons (Fsp3) is 0.708. The van der Waals surface area contributed by atoms with Gasteiger partial charge in [-0.15, -0.1) is 0 Å². The van der Waals surface area contributed by atoms with Gasteiger partial charge in [0.1, 0.15) is 12.1 Å². The molecule has 6 nitrogen and oxygen atoms in total. The third-order valence-corrected chi connectivity index (χ3v) is 6.60. The van der Waals surface area contributed by atoms with E-state index in [-0.39, 0.29) is 24.0 Å². The average molecular weight is 419 g/mol. The van der Waals surface area contributed by atoms with Gasteiger partial charge < -0.3 is 19.9 Å². The second kappa shape index (κ2) is 9.56. The Morgan fingerprint density at radius 3 is 2.43 bits per heavy atom. The van der Waals surface area contributed by atoms with Gasteiger partial charge in [0.25, 0.3) is 0 Å². The van der Waals surface area contributed by atoms with Gasteiger partial charge in [-0.1, -0.05) is 27.7 Å². The van der Waals surface area contributed by atoms with Crippen LogP contribution in [0.25, 0.3) is 0 Å². The number of nitrogens with zero attached hydrogens (tertiary/aromatic N) is 1. The maximum Gasteiger partial charge on any atom is 0.323 e. The summed E-state index contributed by atoms with van der Waals surface area (Å²) in [6.07, 6.45) is 2.70. The number of nitrogens with two attached hydrogens (primary N) is 1. The molecule has 2 N–H and O–H groups in total. The van der Waals surface area contributed by atoms with Crippen molar-refractivity contribution in [2.45, 2.75) is 65.1 Å². The van der Waals surface area contributed by atoms with Crippen LogP contribution in [0.1, 0.15) is 57.7 Å². The summed E-state index contributed by atoms with van der Waals surface area (Å²) in [5.74, 6) is 2.18. The zero-order chi connectivity index (χ0) is 22.0. The van der Waals surface area contributed by atoms with E-state index in [1.165, 1.54) is 11.1 Å². The standard InChI is InChI=1S/C24H38N2O4/c1-14(2)9-17-13-26-8-7-16-10-21(28-5)22(29-6)11-18(16)19(26)12-20(17)30-24(27)23(25)15(3)4/h10-11,14-15,17,19-20,23H,7-9,12-13,25H2,1-6H3/t17-,19+,20-,23+/m0/s1. The molecule has 0 amide bonds. The van der Waals surface area contributed by atoms with Crippen molar-refractivity contribution in [3.05, 3.63) is 23.3 Å². The van der Waals surface area contributed by atoms with Crippen molar-refractivity contribution >= 4 is 5.97 Å². The van der Waals surface area contributed by atoms with Crippen molar-refractivity contribution < 1.29 is 19.0 Å². The minimum absolute atomic E-state index is 0.0632. The molecule has 0 saturated carbocycles. The van der Waals surface area contributed by atoms with Crippen LogP contribution in [-0.2, 0) is 16.0 Å². The van der Waals surface area contributed by atoms with Crippen molar-refractivity contribution in [2.75, 3.05) is 27.3 Å². The summed E-state index contributed by atoms with van der Waals surface area (Å²) in [5, 5.41) is 0. The van der Waals surface area contributed by atoms with Crippen molar-refractivity contribution in [2.24, 2.45) is 23.5 Å². The van der Waals surface area contributed by atoms with E-state index in [0.29, 0.717) is 11.8 Å². The number of hydrogen-bond donors (Lipinski definition) is 1. The van der Waals surface area contributed by atoms with Gasteiger partial charge in [0.2, 0.25) is 0 Å². The lowest BCUT2D eigenvalue weighted by Crippen LogP contribution is -2.51. The Bertz CT molecular complexity index is 749. The molecule has 30 heavy (non-hydrogen) atoms. The minimum atomic E-state index is -0.578. The monoisotopic (exact) mass is 418 g/mol. The van der Waals surface area contributed by atoms with Crippen LogP contribution < -0.4 is 15.2 Å². The second-order valence-electron chi connectivity index (χ2n) is 9.54. The zero-order valence-corrected chi connectivity index (χ0v) is 19.3. The number of methoxy groups -OCH3 is 2. The molecule has 2 aliphatic heterocycles. The third kappa shape index (κ3) is 4.75. The number of piperidine rings is 1. The predicted octanol–water partition coefficient (Wildman–Crippen LogP) is 3.56. The van der Waals surface area contributed by atoms with Crippen LogP contribution in [0, 0.1) is 17.8 Å². The highest BCUT2D eigenvalue weighted by Gasteiger charge is 2.41. The van der Waals surface area contributed by atoms with Gasteiger partial charge in [-0.25, -0.2) is 0 Å². The highest BCUT2D eigenvalue weighted by Crippen LogP contribution is 2.44. The summed E-state index contributed by atoms with van der Waals surface area (Å²) in [7, 11) is 3.34. The van der Waals surface area contributed by atoms with E-state index in [0.717, 1.165) is 43.9 Å². The van der Waals surface area contributed by atoms with Gasteiger partial charge in [0, 0.05) is 31.5 Å². The lowest BCUT2D eigenvalue weighted by atomic mass is 9.79. The van der Waals surface area contributed by atoms with E-state index in [1.54, 1.807) is 14.2 Å². The molecule has 2 heterocycles. The van der Waals surface area contributed by atoms with Crippen LogP contribution in [0.3, 0.4) is 0 Å². The highest BCUT2D eigenvalue weighted by atomic mass is 16.5. The molecule has 1 aromatic carbocycles. The Balaban J connectivity index is 1.88. The summed E-state index contributed by atoms with van der Waals surface area (Å²) < 4.78 is 17.1. The van der Waals surface area contributed by atoms with Gasteiger partial charge in [0.15, 0.2) is 11.5 Å². The Morgan fingerprint density at radius 1 is 1.17 bits per heavy atom. The first-order valence-electron chi connectivity index (χ1n) is 11.2. The Kier molecular flexibility index (Phi) is 7.30. The maximum atomic E-state index is 12.7. The predicted molar refractivity (Wildman–Crippen MR) is 118 cm³/mol. The lowest BCUT2D eigenvalue weighted by molar-refractivity contribution is -0.160. The Hall–Kier alpha value is -1.79. The first-order chi connectivity index (χ1) is 14.2. The maximum absolute atomic E-state index is 12.7. The normalized spacial score (nSPS) is 24.9. The molecule has 3 rings (SSSR count). The summed E-state index contributed by atoms with van der Waals surface area (Å²) in [4.78, 5) is 15.2. The molecule has 6 heteroatoms. The van der Waals surface area contributed by atoms with E-state index in [9.17, 15) is 4.79 Å². The molecule has 0 radical (unpaired) electrons. The number of carbonyl (C=O) groups is 1. The van der Waals surface area contributed by atoms with Crippen LogP contribution in [-0.4, -0.2) is 50.3 Å². The first-order valence-corrected chi connectivity index (χ1v) is 11.2. The van der Waals surface area contributed by atoms with Gasteiger partial charge in [-0.3, -0.25) is 9.69 Å². The molecular formula is C24H38N2O4. The quantitative estimate of drug-likeness (QED) is 0.683. The highest BCUT2D eigenvalue weighted by molar-refractivity contribution is 5.76. The van der Waals surface area contributed by atoms with E-state index < -0.39 is 6.04 Å². The van der Waals surface area contributed by atoms with Crippen molar-refractivity contribution in [3.63, 3.8) is 0 Å². The molecule has 1 saturated heterocycles. The number of esters is 1. The largest absolute Gasteiger partial charge is 0.493 e. The van der Waals surface area contributed by atoms with Gasteiger partial charge >= 0.3 is 5.97 Å². The summed E-state index contributed by atoms with van der Waals surface area (Å²) >= 11 is 0. The van der Waals surface area contributed by atoms with Crippen LogP contribution in [0.15, 0.2) is 12.1 Å². The Morgan fingerprint density at radius 2 is 1.83 bits per heavy atom. The number of carbonyl (C=O) groups excluding carboxylic acids is 1. The zero-order valence-electron chi connectivity index (χ0n) is 19.3. The van der Waals surface area contributed by atoms with Crippen molar-refractivity contribution in [3.8, 4) is 11.5 Å². The molecule has 0 bridgehead atoms. The van der Waals surface area contributed by atoms with E-state index in [2.05, 4.69) is 30.9 Å². The summed E-state index contributed by atoms with van der Waals surface area (Å²) in [5.41, 5.74) is 8.64. The average Bonchev–Trinajstić information content (AvgIpc) is 2.71. The fourth-order valence-electron chi connectivity index (χ4n) is 4.88. The second-order valence-corrected chi connectivity index (χ2v) is 9.54. The van der Waals surface area contributed by atoms with Crippen LogP contribution in [0.5, 0.6) is 11.5 Å².